The zero-order valence-corrected chi connectivity index (χ0v) is 55.8. The van der Waals surface area contributed by atoms with Crippen LogP contribution in [0.15, 0.2) is 20.0 Å². The van der Waals surface area contributed by atoms with Crippen molar-refractivity contribution in [1.82, 2.24) is 58.5 Å². The minimum Gasteiger partial charge on any atom is -0.481 e. The van der Waals surface area contributed by atoms with Crippen molar-refractivity contribution in [3.8, 4) is 0 Å². The van der Waals surface area contributed by atoms with E-state index in [1.165, 1.54) is 7.05 Å². The maximum atomic E-state index is 14.4. The molecule has 0 spiro atoms. The van der Waals surface area contributed by atoms with Crippen LogP contribution in [0.25, 0.3) is 0 Å². The third-order valence-corrected chi connectivity index (χ3v) is 14.3. The first-order chi connectivity index (χ1) is 45.1. The smallest absolute Gasteiger partial charge is 0.303 e. The molecule has 0 aliphatic carbocycles. The van der Waals surface area contributed by atoms with Gasteiger partial charge in [-0.25, -0.2) is 0 Å². The van der Waals surface area contributed by atoms with Crippen LogP contribution < -0.4 is 110 Å². The number of guanidine groups is 4. The Morgan fingerprint density at radius 3 is 1.04 bits per heavy atom. The number of carboxylic acids is 2. The van der Waals surface area contributed by atoms with E-state index in [1.807, 2.05) is 0 Å². The normalized spacial score (nSPS) is 13.9. The summed E-state index contributed by atoms with van der Waals surface area (Å²) in [6.45, 7) is 7.35. The molecule has 39 heteroatoms. The Kier molecular flexibility index (Phi) is 43.0. The number of carboxylic acid groups (broad SMARTS) is 2. The number of aliphatic carboxylic acids is 2. The maximum absolute atomic E-state index is 14.4. The molecular weight excluding hydrogens is 1260 g/mol. The van der Waals surface area contributed by atoms with Crippen molar-refractivity contribution in [2.45, 2.75) is 198 Å². The van der Waals surface area contributed by atoms with Crippen molar-refractivity contribution >= 4 is 101 Å². The van der Waals surface area contributed by atoms with Gasteiger partial charge in [-0.05, 0) is 108 Å². The highest BCUT2D eigenvalue weighted by atomic mass is 16.4. The molecule has 0 bridgehead atoms. The molecule has 96 heavy (non-hydrogen) atoms. The topological polar surface area (TPSA) is 678 Å². The average Bonchev–Trinajstić information content (AvgIpc) is 0.898. The van der Waals surface area contributed by atoms with Crippen molar-refractivity contribution in [3.63, 3.8) is 0 Å². The predicted octanol–water partition coefficient (Wildman–Crippen LogP) is -7.60. The standard InChI is InChI=1S/C57H106N24O15/c1-7-31(4)44(81-51(94)37(18-13-27-71-57(65)66)78-50(93)39(73-32(5)82)20-22-43(86)87)53(96)80-38(19-21-42(84)85)46(89)72-29-41(83)74-40(28-30(2)3)52(95)79-36(17-12-26-70-56(63)64)49(92)76-34(14-8-9-23-58)47(90)77-35(16-11-25-69-55(61)62)48(91)75-33(45(88)67-6)15-10-24-68-54(59)60/h30-31,33-40,44H,7-29,58H2,1-6H3,(H,67,88)(H,72,89)(H,73,82)(H,74,83)(H,75,91)(H,76,92)(H,77,90)(H,78,93)(H,79,95)(H,80,96)(H,81,94)(H,84,85)(H,86,87)(H4,59,60,68)(H4,61,62,69)(H4,63,64,70)(H4,65,66,71)/t31-,33-,34-,35-,36-,37-,38-,39-,40-,44-/m0/s1. The minimum absolute atomic E-state index is 0.00539. The van der Waals surface area contributed by atoms with Crippen molar-refractivity contribution in [2.24, 2.45) is 83.4 Å². The predicted molar refractivity (Wildman–Crippen MR) is 355 cm³/mol. The lowest BCUT2D eigenvalue weighted by Gasteiger charge is -2.29. The molecule has 0 saturated carbocycles. The van der Waals surface area contributed by atoms with Crippen LogP contribution in [-0.2, 0) is 62.3 Å². The first-order valence-electron chi connectivity index (χ1n) is 31.7. The SMILES string of the molecule is CC[C@H](C)[C@H](NC(=O)[C@H](CCCN=C(N)N)NC(=O)[C@H](CCC(=O)O)NC(C)=O)C(=O)N[C@@H](CCC(=O)O)C(=O)NCC(=O)N[C@@H](CC(C)C)C(=O)N[C@@H](CCCN=C(N)N)C(=O)N[C@@H](CCCCN)C(=O)N[C@@H](CCCN=C(N)N)C(=O)N[C@@H](CCCN=C(N)N)C(=O)NC. The fourth-order valence-electron chi connectivity index (χ4n) is 9.16. The summed E-state index contributed by atoms with van der Waals surface area (Å²) >= 11 is 0. The number of carbonyl (C=O) groups excluding carboxylic acids is 11. The van der Waals surface area contributed by atoms with E-state index in [0.29, 0.717) is 12.8 Å². The lowest BCUT2D eigenvalue weighted by Crippen LogP contribution is -2.60. The molecule has 0 aliphatic rings. The van der Waals surface area contributed by atoms with Gasteiger partial charge < -0.3 is 120 Å². The second-order valence-electron chi connectivity index (χ2n) is 23.0. The second kappa shape index (κ2) is 47.9. The van der Waals surface area contributed by atoms with Gasteiger partial charge >= 0.3 is 11.9 Å². The molecular formula is C57H106N24O15. The third kappa shape index (κ3) is 39.0. The molecule has 0 heterocycles. The summed E-state index contributed by atoms with van der Waals surface area (Å²) in [6, 6.07) is -12.5. The van der Waals surface area contributed by atoms with E-state index in [0.717, 1.165) is 6.92 Å². The summed E-state index contributed by atoms with van der Waals surface area (Å²) in [5.41, 5.74) is 49.7. The van der Waals surface area contributed by atoms with E-state index in [-0.39, 0.29) is 140 Å². The molecule has 31 N–H and O–H groups in total. The number of nitrogens with one attached hydrogen (secondary N) is 11. The number of hydrogen-bond acceptors (Lipinski definition) is 18. The number of hydrogen-bond donors (Lipinski definition) is 22. The molecule has 0 radical (unpaired) electrons. The van der Waals surface area contributed by atoms with Crippen LogP contribution in [0, 0.1) is 11.8 Å². The summed E-state index contributed by atoms with van der Waals surface area (Å²) in [6.07, 6.45) is -0.770. The van der Waals surface area contributed by atoms with Crippen molar-refractivity contribution in [3.05, 3.63) is 0 Å². The van der Waals surface area contributed by atoms with Crippen molar-refractivity contribution in [1.29, 1.82) is 0 Å². The van der Waals surface area contributed by atoms with Crippen LogP contribution in [-0.4, -0.2) is 212 Å². The van der Waals surface area contributed by atoms with Crippen molar-refractivity contribution in [2.75, 3.05) is 46.3 Å². The highest BCUT2D eigenvalue weighted by Crippen LogP contribution is 2.14. The lowest BCUT2D eigenvalue weighted by molar-refractivity contribution is -0.139. The van der Waals surface area contributed by atoms with Gasteiger partial charge in [0.1, 0.15) is 54.4 Å². The van der Waals surface area contributed by atoms with Crippen LogP contribution in [0.1, 0.15) is 144 Å². The van der Waals surface area contributed by atoms with Gasteiger partial charge in [-0.3, -0.25) is 82.3 Å². The Labute approximate surface area is 558 Å². The number of amides is 11. The Hall–Kier alpha value is -9.85. The quantitative estimate of drug-likeness (QED) is 0.0153. The Morgan fingerprint density at radius 1 is 0.396 bits per heavy atom. The number of nitrogens with zero attached hydrogens (tertiary/aromatic N) is 4. The molecule has 11 amide bonds. The number of aliphatic imine (C=N–C) groups is 4. The van der Waals surface area contributed by atoms with Gasteiger partial charge in [0.05, 0.1) is 6.54 Å². The summed E-state index contributed by atoms with van der Waals surface area (Å²) in [7, 11) is 1.37. The van der Waals surface area contributed by atoms with Crippen LogP contribution >= 0.6 is 0 Å². The largest absolute Gasteiger partial charge is 0.481 e. The lowest BCUT2D eigenvalue weighted by atomic mass is 9.96. The fraction of sp³-hybridized carbons (Fsp3) is 0.702. The van der Waals surface area contributed by atoms with E-state index >= 15 is 0 Å². The van der Waals surface area contributed by atoms with Gasteiger partial charge in [0.15, 0.2) is 23.8 Å². The van der Waals surface area contributed by atoms with Crippen LogP contribution in [0.3, 0.4) is 0 Å². The fourth-order valence-corrected chi connectivity index (χ4v) is 9.16. The van der Waals surface area contributed by atoms with Gasteiger partial charge in [-0.2, -0.15) is 0 Å². The number of rotatable bonds is 50. The molecule has 0 rings (SSSR count). The highest BCUT2D eigenvalue weighted by Gasteiger charge is 2.36. The zero-order valence-electron chi connectivity index (χ0n) is 55.8. The Balaban J connectivity index is 6.98. The van der Waals surface area contributed by atoms with Gasteiger partial charge in [-0.15, -0.1) is 0 Å². The molecule has 0 fully saturated rings. The molecule has 10 atom stereocenters. The molecule has 0 aromatic heterocycles. The average molecular weight is 1370 g/mol. The maximum Gasteiger partial charge on any atom is 0.303 e. The second-order valence-corrected chi connectivity index (χ2v) is 23.0. The Morgan fingerprint density at radius 2 is 0.719 bits per heavy atom. The third-order valence-electron chi connectivity index (χ3n) is 14.3. The first-order valence-corrected chi connectivity index (χ1v) is 31.7. The zero-order chi connectivity index (χ0) is 73.0. The van der Waals surface area contributed by atoms with E-state index in [1.54, 1.807) is 27.7 Å². The van der Waals surface area contributed by atoms with Crippen LogP contribution in [0.2, 0.25) is 0 Å². The van der Waals surface area contributed by atoms with Crippen LogP contribution in [0.4, 0.5) is 0 Å². The van der Waals surface area contributed by atoms with Gasteiger partial charge in [0.2, 0.25) is 65.0 Å². The van der Waals surface area contributed by atoms with Gasteiger partial charge in [0.25, 0.3) is 0 Å². The van der Waals surface area contributed by atoms with Crippen LogP contribution in [0.5, 0.6) is 0 Å². The highest BCUT2D eigenvalue weighted by molar-refractivity contribution is 5.99. The molecule has 0 unspecified atom stereocenters. The molecule has 39 nitrogen and oxygen atoms in total. The monoisotopic (exact) mass is 1370 g/mol. The molecule has 0 aromatic carbocycles. The molecule has 0 aromatic rings. The summed E-state index contributed by atoms with van der Waals surface area (Å²) < 4.78 is 0. The van der Waals surface area contributed by atoms with E-state index < -0.39 is 163 Å². The van der Waals surface area contributed by atoms with Gasteiger partial charge in [0, 0.05) is 53.0 Å². The summed E-state index contributed by atoms with van der Waals surface area (Å²) in [5, 5.41) is 46.8. The van der Waals surface area contributed by atoms with E-state index in [2.05, 4.69) is 78.5 Å². The molecule has 544 valence electrons. The molecule has 0 saturated heterocycles. The molecule has 0 aliphatic heterocycles. The van der Waals surface area contributed by atoms with E-state index in [9.17, 15) is 72.5 Å². The number of unbranched alkanes of at least 4 members (excludes halogenated alkanes) is 1. The summed E-state index contributed by atoms with van der Waals surface area (Å²) in [4.78, 5) is 190. The number of likely N-dealkylation sites (N-methyl/N-ethyl adjacent to an activating group) is 1. The van der Waals surface area contributed by atoms with E-state index in [4.69, 9.17) is 51.6 Å². The minimum atomic E-state index is -1.65. The van der Waals surface area contributed by atoms with Gasteiger partial charge in [-0.1, -0.05) is 34.1 Å². The first kappa shape index (κ1) is 86.2. The number of carbonyl (C=O) groups is 13. The number of nitrogens with two attached hydrogens (primary N) is 9. The van der Waals surface area contributed by atoms with Crippen molar-refractivity contribution < 1.29 is 72.5 Å². The summed E-state index contributed by atoms with van der Waals surface area (Å²) in [5.74, 6) is -14.0. The Bertz CT molecular complexity index is 2680.